The Hall–Kier alpha value is -1.56. The summed E-state index contributed by atoms with van der Waals surface area (Å²) in [5, 5.41) is 11.9. The van der Waals surface area contributed by atoms with Crippen molar-refractivity contribution in [2.75, 3.05) is 25.0 Å². The van der Waals surface area contributed by atoms with Crippen LogP contribution < -0.4 is 5.32 Å². The smallest absolute Gasteiger partial charge is 0.317 e. The molecular formula is C13H14Cl2N2O3. The zero-order chi connectivity index (χ0) is 15.1. The van der Waals surface area contributed by atoms with E-state index in [-0.39, 0.29) is 24.0 Å². The van der Waals surface area contributed by atoms with Gasteiger partial charge in [-0.15, -0.1) is 6.58 Å². The predicted octanol–water partition coefficient (Wildman–Crippen LogP) is 2.50. The molecule has 0 radical (unpaired) electrons. The summed E-state index contributed by atoms with van der Waals surface area (Å²) in [6.45, 7) is 3.49. The number of hydrogen-bond acceptors (Lipinski definition) is 3. The minimum Gasteiger partial charge on any atom is -0.480 e. The number of nitrogens with zero attached hydrogens (tertiary/aromatic N) is 1. The van der Waals surface area contributed by atoms with Crippen LogP contribution in [-0.2, 0) is 9.59 Å². The van der Waals surface area contributed by atoms with Gasteiger partial charge in [-0.05, 0) is 12.1 Å². The Morgan fingerprint density at radius 2 is 2.05 bits per heavy atom. The maximum Gasteiger partial charge on any atom is 0.317 e. The fourth-order valence-electron chi connectivity index (χ4n) is 1.55. The lowest BCUT2D eigenvalue weighted by Gasteiger charge is -2.18. The molecule has 0 aliphatic rings. The fraction of sp³-hybridized carbons (Fsp3) is 0.231. The molecule has 0 saturated carbocycles. The minimum atomic E-state index is -1.01. The second kappa shape index (κ2) is 7.89. The topological polar surface area (TPSA) is 69.6 Å². The molecule has 7 heteroatoms. The van der Waals surface area contributed by atoms with Crippen LogP contribution in [0, 0.1) is 0 Å². The van der Waals surface area contributed by atoms with Gasteiger partial charge in [0.1, 0.15) is 0 Å². The van der Waals surface area contributed by atoms with E-state index in [0.717, 1.165) is 0 Å². The quantitative estimate of drug-likeness (QED) is 0.758. The van der Waals surface area contributed by atoms with E-state index in [1.807, 2.05) is 0 Å². The molecule has 1 aromatic carbocycles. The highest BCUT2D eigenvalue weighted by Gasteiger charge is 2.14. The van der Waals surface area contributed by atoms with Crippen LogP contribution in [0.15, 0.2) is 30.9 Å². The van der Waals surface area contributed by atoms with Gasteiger partial charge in [-0.2, -0.15) is 0 Å². The van der Waals surface area contributed by atoms with Crippen LogP contribution >= 0.6 is 23.2 Å². The number of halogens is 2. The number of hydrogen-bond donors (Lipinski definition) is 2. The third kappa shape index (κ3) is 5.21. The summed E-state index contributed by atoms with van der Waals surface area (Å²) in [5.41, 5.74) is 0.387. The second-order valence-corrected chi connectivity index (χ2v) is 4.79. The molecule has 0 heterocycles. The van der Waals surface area contributed by atoms with Gasteiger partial charge in [0.2, 0.25) is 5.91 Å². The number of rotatable bonds is 7. The second-order valence-electron chi connectivity index (χ2n) is 4.00. The molecule has 0 unspecified atom stereocenters. The summed E-state index contributed by atoms with van der Waals surface area (Å²) in [6.07, 6.45) is 1.53. The Balaban J connectivity index is 2.67. The van der Waals surface area contributed by atoms with Crippen LogP contribution in [0.25, 0.3) is 0 Å². The number of carboxylic acid groups (broad SMARTS) is 1. The lowest BCUT2D eigenvalue weighted by atomic mass is 10.3. The number of nitrogens with one attached hydrogen (secondary N) is 1. The first-order valence-corrected chi connectivity index (χ1v) is 6.48. The Morgan fingerprint density at radius 3 is 2.65 bits per heavy atom. The van der Waals surface area contributed by atoms with E-state index in [0.29, 0.717) is 17.3 Å². The van der Waals surface area contributed by atoms with E-state index < -0.39 is 5.97 Å². The van der Waals surface area contributed by atoms with Crippen LogP contribution in [0.3, 0.4) is 0 Å². The first kappa shape index (κ1) is 16.5. The maximum absolute atomic E-state index is 11.9. The normalized spacial score (nSPS) is 10.3. The molecule has 0 aliphatic heterocycles. The van der Waals surface area contributed by atoms with Crippen molar-refractivity contribution in [3.8, 4) is 0 Å². The summed E-state index contributed by atoms with van der Waals surface area (Å²) >= 11 is 11.8. The summed E-state index contributed by atoms with van der Waals surface area (Å²) in [7, 11) is 0. The monoisotopic (exact) mass is 316 g/mol. The van der Waals surface area contributed by atoms with Crippen molar-refractivity contribution >= 4 is 40.8 Å². The highest BCUT2D eigenvalue weighted by atomic mass is 35.5. The lowest BCUT2D eigenvalue weighted by Crippen LogP contribution is -2.37. The molecule has 5 nitrogen and oxygen atoms in total. The van der Waals surface area contributed by atoms with Crippen molar-refractivity contribution < 1.29 is 14.7 Å². The molecule has 20 heavy (non-hydrogen) atoms. The van der Waals surface area contributed by atoms with Crippen LogP contribution in [0.4, 0.5) is 5.69 Å². The third-order valence-electron chi connectivity index (χ3n) is 2.34. The molecule has 0 spiro atoms. The Bertz CT molecular complexity index is 520. The molecule has 0 bridgehead atoms. The Morgan fingerprint density at radius 1 is 1.35 bits per heavy atom. The number of benzene rings is 1. The largest absolute Gasteiger partial charge is 0.480 e. The molecule has 0 saturated heterocycles. The standard InChI is InChI=1S/C13H14Cl2N2O3/c1-2-6-17(8-12(19)20)7-11(18)16-10-5-3-4-9(14)13(10)15/h2-5H,1,6-8H2,(H,16,18)(H,19,20). The molecule has 0 aliphatic carbocycles. The number of amides is 1. The van der Waals surface area contributed by atoms with E-state index in [4.69, 9.17) is 28.3 Å². The summed E-state index contributed by atoms with van der Waals surface area (Å²) in [5.74, 6) is -1.39. The van der Waals surface area contributed by atoms with Gasteiger partial charge in [0.05, 0.1) is 28.8 Å². The Kier molecular flexibility index (Phi) is 6.51. The van der Waals surface area contributed by atoms with Crippen molar-refractivity contribution in [2.24, 2.45) is 0 Å². The zero-order valence-corrected chi connectivity index (χ0v) is 12.1. The van der Waals surface area contributed by atoms with E-state index in [1.54, 1.807) is 18.2 Å². The van der Waals surface area contributed by atoms with Gasteiger partial charge in [-0.25, -0.2) is 0 Å². The number of aliphatic carboxylic acids is 1. The van der Waals surface area contributed by atoms with Crippen molar-refractivity contribution in [1.82, 2.24) is 4.90 Å². The average Bonchev–Trinajstić information content (AvgIpc) is 2.34. The van der Waals surface area contributed by atoms with E-state index in [2.05, 4.69) is 11.9 Å². The van der Waals surface area contributed by atoms with E-state index in [1.165, 1.54) is 11.0 Å². The maximum atomic E-state index is 11.9. The van der Waals surface area contributed by atoms with Gasteiger partial charge in [0, 0.05) is 6.54 Å². The fourth-order valence-corrected chi connectivity index (χ4v) is 1.90. The number of anilines is 1. The van der Waals surface area contributed by atoms with Gasteiger partial charge in [0.15, 0.2) is 0 Å². The van der Waals surface area contributed by atoms with Crippen LogP contribution in [0.2, 0.25) is 10.0 Å². The lowest BCUT2D eigenvalue weighted by molar-refractivity contribution is -0.138. The minimum absolute atomic E-state index is 0.0822. The molecule has 1 amide bonds. The Labute approximate surface area is 126 Å². The first-order valence-electron chi connectivity index (χ1n) is 5.73. The van der Waals surface area contributed by atoms with Crippen molar-refractivity contribution in [3.63, 3.8) is 0 Å². The summed E-state index contributed by atoms with van der Waals surface area (Å²) < 4.78 is 0. The van der Waals surface area contributed by atoms with Crippen LogP contribution in [0.5, 0.6) is 0 Å². The highest BCUT2D eigenvalue weighted by molar-refractivity contribution is 6.43. The van der Waals surface area contributed by atoms with Crippen LogP contribution in [-0.4, -0.2) is 41.5 Å². The molecule has 0 aromatic heterocycles. The molecule has 0 fully saturated rings. The van der Waals surface area contributed by atoms with Gasteiger partial charge in [0.25, 0.3) is 0 Å². The van der Waals surface area contributed by atoms with Gasteiger partial charge >= 0.3 is 5.97 Å². The summed E-state index contributed by atoms with van der Waals surface area (Å²) in [6, 6.07) is 4.87. The molecule has 2 N–H and O–H groups in total. The van der Waals surface area contributed by atoms with E-state index in [9.17, 15) is 9.59 Å². The average molecular weight is 317 g/mol. The molecule has 1 rings (SSSR count). The molecule has 108 valence electrons. The van der Waals surface area contributed by atoms with Crippen molar-refractivity contribution in [1.29, 1.82) is 0 Å². The first-order chi connectivity index (χ1) is 9.43. The van der Waals surface area contributed by atoms with Crippen molar-refractivity contribution in [3.05, 3.63) is 40.9 Å². The molecular weight excluding hydrogens is 303 g/mol. The van der Waals surface area contributed by atoms with Crippen LogP contribution in [0.1, 0.15) is 0 Å². The molecule has 0 atom stereocenters. The third-order valence-corrected chi connectivity index (χ3v) is 3.16. The van der Waals surface area contributed by atoms with Gasteiger partial charge in [-0.1, -0.05) is 35.3 Å². The van der Waals surface area contributed by atoms with Gasteiger partial charge < -0.3 is 10.4 Å². The van der Waals surface area contributed by atoms with Gasteiger partial charge in [-0.3, -0.25) is 14.5 Å². The highest BCUT2D eigenvalue weighted by Crippen LogP contribution is 2.29. The SMILES string of the molecule is C=CCN(CC(=O)O)CC(=O)Nc1cccc(Cl)c1Cl. The number of carboxylic acids is 1. The van der Waals surface area contributed by atoms with E-state index >= 15 is 0 Å². The zero-order valence-electron chi connectivity index (χ0n) is 10.6. The number of carbonyl (C=O) groups excluding carboxylic acids is 1. The summed E-state index contributed by atoms with van der Waals surface area (Å²) in [4.78, 5) is 24.0. The predicted molar refractivity (Wildman–Crippen MR) is 79.4 cm³/mol. The van der Waals surface area contributed by atoms with Crippen molar-refractivity contribution in [2.45, 2.75) is 0 Å². The molecule has 1 aromatic rings. The number of carbonyl (C=O) groups is 2.